The smallest absolute Gasteiger partial charge is 0.363 e. The number of benzene rings is 1. The maximum Gasteiger partial charge on any atom is 0.363 e. The van der Waals surface area contributed by atoms with Crippen molar-refractivity contribution < 1.29 is 9.53 Å². The number of allylic oxidation sites excluding steroid dienone is 4. The van der Waals surface area contributed by atoms with E-state index in [-0.39, 0.29) is 5.41 Å². The lowest BCUT2D eigenvalue weighted by Crippen LogP contribution is -2.07. The maximum atomic E-state index is 12.4. The summed E-state index contributed by atoms with van der Waals surface area (Å²) in [5.41, 5.74) is 4.35. The molecule has 2 aromatic rings. The van der Waals surface area contributed by atoms with Crippen molar-refractivity contribution in [3.8, 4) is 5.69 Å². The van der Waals surface area contributed by atoms with E-state index in [0.717, 1.165) is 23.4 Å². The Morgan fingerprint density at radius 2 is 1.83 bits per heavy atom. The Kier molecular flexibility index (Phi) is 4.93. The minimum Gasteiger partial charge on any atom is -0.402 e. The highest BCUT2D eigenvalue weighted by Crippen LogP contribution is 2.30. The average Bonchev–Trinajstić information content (AvgIpc) is 3.20. The number of hydrogen-bond acceptors (Lipinski definition) is 3. The van der Waals surface area contributed by atoms with Crippen molar-refractivity contribution in [3.05, 3.63) is 95.5 Å². The minimum atomic E-state index is -0.427. The third-order valence-corrected chi connectivity index (χ3v) is 4.95. The van der Waals surface area contributed by atoms with E-state index in [2.05, 4.69) is 37.9 Å². The molecule has 0 atom stereocenters. The molecular formula is C25H24N2O2. The highest BCUT2D eigenvalue weighted by molar-refractivity contribution is 6.13. The first-order valence-corrected chi connectivity index (χ1v) is 9.76. The largest absolute Gasteiger partial charge is 0.402 e. The van der Waals surface area contributed by atoms with E-state index in [4.69, 9.17) is 4.74 Å². The zero-order valence-corrected chi connectivity index (χ0v) is 16.9. The molecule has 0 N–H and O–H groups in total. The van der Waals surface area contributed by atoms with Gasteiger partial charge in [-0.2, -0.15) is 0 Å². The van der Waals surface area contributed by atoms with Crippen molar-refractivity contribution in [2.45, 2.75) is 27.2 Å². The number of cyclic esters (lactones) is 1. The van der Waals surface area contributed by atoms with Gasteiger partial charge in [-0.15, -0.1) is 0 Å². The number of para-hydroxylation sites is 1. The fourth-order valence-corrected chi connectivity index (χ4v) is 3.35. The Morgan fingerprint density at radius 1 is 1.03 bits per heavy atom. The molecule has 1 aromatic carbocycles. The summed E-state index contributed by atoms with van der Waals surface area (Å²) in [7, 11) is 0. The topological polar surface area (TPSA) is 43.6 Å². The molecule has 1 aliphatic carbocycles. The third-order valence-electron chi connectivity index (χ3n) is 4.95. The molecule has 29 heavy (non-hydrogen) atoms. The van der Waals surface area contributed by atoms with Gasteiger partial charge in [0, 0.05) is 23.2 Å². The van der Waals surface area contributed by atoms with E-state index in [1.54, 1.807) is 6.08 Å². The highest BCUT2D eigenvalue weighted by Gasteiger charge is 2.26. The summed E-state index contributed by atoms with van der Waals surface area (Å²) in [6, 6.07) is 13.9. The fourth-order valence-electron chi connectivity index (χ4n) is 3.35. The quantitative estimate of drug-likeness (QED) is 0.508. The number of rotatable bonds is 3. The van der Waals surface area contributed by atoms with Gasteiger partial charge in [0.2, 0.25) is 5.90 Å². The van der Waals surface area contributed by atoms with Crippen LogP contribution >= 0.6 is 0 Å². The van der Waals surface area contributed by atoms with Crippen molar-refractivity contribution in [2.75, 3.05) is 0 Å². The first-order chi connectivity index (χ1) is 13.9. The number of aromatic nitrogens is 1. The summed E-state index contributed by atoms with van der Waals surface area (Å²) in [6.07, 6.45) is 12.8. The van der Waals surface area contributed by atoms with Crippen LogP contribution in [0.3, 0.4) is 0 Å². The number of hydrogen-bond donors (Lipinski definition) is 0. The maximum absolute atomic E-state index is 12.4. The Labute approximate surface area is 171 Å². The lowest BCUT2D eigenvalue weighted by molar-refractivity contribution is -0.129. The third kappa shape index (κ3) is 4.06. The van der Waals surface area contributed by atoms with Crippen LogP contribution in [0.1, 0.15) is 32.9 Å². The van der Waals surface area contributed by atoms with Crippen LogP contribution in [0, 0.1) is 5.41 Å². The van der Waals surface area contributed by atoms with E-state index < -0.39 is 5.97 Å². The van der Waals surface area contributed by atoms with E-state index in [0.29, 0.717) is 11.6 Å². The van der Waals surface area contributed by atoms with Crippen LogP contribution in [0.2, 0.25) is 0 Å². The summed E-state index contributed by atoms with van der Waals surface area (Å²) >= 11 is 0. The van der Waals surface area contributed by atoms with Gasteiger partial charge >= 0.3 is 5.97 Å². The van der Waals surface area contributed by atoms with Gasteiger partial charge < -0.3 is 9.30 Å². The molecule has 4 nitrogen and oxygen atoms in total. The predicted molar refractivity (Wildman–Crippen MR) is 117 cm³/mol. The Hall–Kier alpha value is -3.40. The number of carbonyl (C=O) groups excluding carboxylic acids is 1. The number of nitrogens with zero attached hydrogens (tertiary/aromatic N) is 2. The van der Waals surface area contributed by atoms with Gasteiger partial charge in [0.25, 0.3) is 0 Å². The van der Waals surface area contributed by atoms with Gasteiger partial charge in [-0.1, -0.05) is 57.2 Å². The fraction of sp³-hybridized carbons (Fsp3) is 0.200. The number of ether oxygens (including phenoxy) is 1. The van der Waals surface area contributed by atoms with Gasteiger partial charge in [-0.05, 0) is 53.8 Å². The number of esters is 1. The molecule has 4 heteroatoms. The SMILES string of the molecule is CC(C)(C)C1=CCC=C(C2=N/C(=C/c3cccn3-c3ccccc3)C(=O)O2)C=C1. The van der Waals surface area contributed by atoms with Gasteiger partial charge in [0.05, 0.1) is 0 Å². The van der Waals surface area contributed by atoms with Crippen molar-refractivity contribution in [3.63, 3.8) is 0 Å². The van der Waals surface area contributed by atoms with Crippen molar-refractivity contribution in [2.24, 2.45) is 10.4 Å². The average molecular weight is 384 g/mol. The van der Waals surface area contributed by atoms with E-state index in [1.165, 1.54) is 5.57 Å². The summed E-state index contributed by atoms with van der Waals surface area (Å²) in [5, 5.41) is 0. The molecule has 0 unspecified atom stereocenters. The van der Waals surface area contributed by atoms with E-state index in [9.17, 15) is 4.79 Å². The zero-order chi connectivity index (χ0) is 20.4. The molecule has 2 heterocycles. The molecule has 0 saturated carbocycles. The van der Waals surface area contributed by atoms with Crippen molar-refractivity contribution in [1.82, 2.24) is 4.57 Å². The Bertz CT molecular complexity index is 1090. The molecule has 1 aromatic heterocycles. The second kappa shape index (κ2) is 7.55. The van der Waals surface area contributed by atoms with Crippen LogP contribution < -0.4 is 0 Å². The molecule has 1 aliphatic heterocycles. The highest BCUT2D eigenvalue weighted by atomic mass is 16.6. The second-order valence-electron chi connectivity index (χ2n) is 8.11. The second-order valence-corrected chi connectivity index (χ2v) is 8.11. The predicted octanol–water partition coefficient (Wildman–Crippen LogP) is 5.63. The molecule has 146 valence electrons. The van der Waals surface area contributed by atoms with Crippen LogP contribution in [-0.2, 0) is 9.53 Å². The van der Waals surface area contributed by atoms with Gasteiger partial charge in [-0.3, -0.25) is 0 Å². The van der Waals surface area contributed by atoms with Crippen LogP contribution in [0.5, 0.6) is 0 Å². The summed E-state index contributed by atoms with van der Waals surface area (Å²) < 4.78 is 7.49. The van der Waals surface area contributed by atoms with Crippen LogP contribution in [0.4, 0.5) is 0 Å². The zero-order valence-electron chi connectivity index (χ0n) is 16.9. The lowest BCUT2D eigenvalue weighted by atomic mass is 9.86. The lowest BCUT2D eigenvalue weighted by Gasteiger charge is -2.19. The van der Waals surface area contributed by atoms with E-state index in [1.807, 2.05) is 65.4 Å². The van der Waals surface area contributed by atoms with Crippen LogP contribution in [0.15, 0.2) is 94.8 Å². The first kappa shape index (κ1) is 18.9. The molecule has 0 spiro atoms. The molecule has 0 fully saturated rings. The van der Waals surface area contributed by atoms with Gasteiger partial charge in [0.15, 0.2) is 5.70 Å². The van der Waals surface area contributed by atoms with Crippen LogP contribution in [0.25, 0.3) is 11.8 Å². The molecule has 4 rings (SSSR count). The summed E-state index contributed by atoms with van der Waals surface area (Å²) in [5.74, 6) is -0.0674. The van der Waals surface area contributed by atoms with Crippen molar-refractivity contribution >= 4 is 17.9 Å². The Balaban J connectivity index is 1.62. The monoisotopic (exact) mass is 384 g/mol. The molecule has 0 saturated heterocycles. The normalized spacial score (nSPS) is 18.2. The Morgan fingerprint density at radius 3 is 2.59 bits per heavy atom. The van der Waals surface area contributed by atoms with E-state index >= 15 is 0 Å². The number of carbonyl (C=O) groups is 1. The standard InChI is InChI=1S/C25H24N2O2/c1-25(2,3)19-10-7-9-18(14-15-19)23-26-22(24(28)29-23)17-21-13-8-16-27(21)20-11-5-4-6-12-20/h4-6,8-17H,7H2,1-3H3/b22-17+. The summed E-state index contributed by atoms with van der Waals surface area (Å²) in [4.78, 5) is 16.9. The van der Waals surface area contributed by atoms with Crippen LogP contribution in [-0.4, -0.2) is 16.4 Å². The molecule has 0 bridgehead atoms. The van der Waals surface area contributed by atoms with Gasteiger partial charge in [-0.25, -0.2) is 9.79 Å². The minimum absolute atomic E-state index is 0.0713. The number of aliphatic imine (C=N–C) groups is 1. The van der Waals surface area contributed by atoms with Crippen molar-refractivity contribution in [1.29, 1.82) is 0 Å². The van der Waals surface area contributed by atoms with Gasteiger partial charge in [0.1, 0.15) is 0 Å². The summed E-state index contributed by atoms with van der Waals surface area (Å²) in [6.45, 7) is 6.55. The first-order valence-electron chi connectivity index (χ1n) is 9.76. The molecule has 0 amide bonds. The molecular weight excluding hydrogens is 360 g/mol. The molecule has 0 radical (unpaired) electrons. The molecule has 2 aliphatic rings.